The second kappa shape index (κ2) is 9.68. The van der Waals surface area contributed by atoms with E-state index in [0.717, 1.165) is 29.2 Å². The van der Waals surface area contributed by atoms with Crippen molar-refractivity contribution in [3.05, 3.63) is 23.2 Å². The summed E-state index contributed by atoms with van der Waals surface area (Å²) in [7, 11) is 1.35. The lowest BCUT2D eigenvalue weighted by Gasteiger charge is -2.08. The summed E-state index contributed by atoms with van der Waals surface area (Å²) in [4.78, 5) is 27.6. The molecule has 0 aliphatic carbocycles. The van der Waals surface area contributed by atoms with Crippen LogP contribution < -0.4 is 5.32 Å². The zero-order valence-electron chi connectivity index (χ0n) is 14.4. The number of nitrogens with zero attached hydrogens (tertiary/aromatic N) is 2. The van der Waals surface area contributed by atoms with Crippen LogP contribution in [0.15, 0.2) is 23.4 Å². The first kappa shape index (κ1) is 19.6. The Labute approximate surface area is 156 Å². The smallest absolute Gasteiger partial charge is 0.305 e. The van der Waals surface area contributed by atoms with Crippen LogP contribution in [0.4, 0.5) is 0 Å². The number of imidazole rings is 1. The predicted octanol–water partition coefficient (Wildman–Crippen LogP) is 3.26. The SMILES string of the molecule is CCCn1c(SCC(=O)NCCCC(=O)OC)nc2cc(Cl)ccc21. The fraction of sp³-hybridized carbons (Fsp3) is 0.471. The second-order valence-electron chi connectivity index (χ2n) is 5.50. The third kappa shape index (κ3) is 5.64. The number of aryl methyl sites for hydroxylation is 1. The van der Waals surface area contributed by atoms with E-state index in [1.165, 1.54) is 18.9 Å². The maximum Gasteiger partial charge on any atom is 0.305 e. The summed E-state index contributed by atoms with van der Waals surface area (Å²) in [6.07, 6.45) is 1.84. The summed E-state index contributed by atoms with van der Waals surface area (Å²) >= 11 is 7.44. The summed E-state index contributed by atoms with van der Waals surface area (Å²) in [5.74, 6) is -0.0718. The number of thioether (sulfide) groups is 1. The molecule has 0 spiro atoms. The molecule has 0 aliphatic heterocycles. The third-order valence-electron chi connectivity index (χ3n) is 3.56. The number of halogens is 1. The van der Waals surface area contributed by atoms with Gasteiger partial charge in [-0.25, -0.2) is 4.98 Å². The van der Waals surface area contributed by atoms with Crippen LogP contribution in [-0.2, 0) is 20.9 Å². The van der Waals surface area contributed by atoms with Gasteiger partial charge < -0.3 is 14.6 Å². The summed E-state index contributed by atoms with van der Waals surface area (Å²) in [6, 6.07) is 5.64. The number of amides is 1. The molecule has 25 heavy (non-hydrogen) atoms. The monoisotopic (exact) mass is 383 g/mol. The molecule has 0 atom stereocenters. The number of aromatic nitrogens is 2. The van der Waals surface area contributed by atoms with E-state index in [9.17, 15) is 9.59 Å². The second-order valence-corrected chi connectivity index (χ2v) is 6.88. The van der Waals surface area contributed by atoms with Crippen molar-refractivity contribution in [3.63, 3.8) is 0 Å². The number of esters is 1. The highest BCUT2D eigenvalue weighted by molar-refractivity contribution is 7.99. The van der Waals surface area contributed by atoms with Gasteiger partial charge in [0, 0.05) is 24.5 Å². The highest BCUT2D eigenvalue weighted by Crippen LogP contribution is 2.26. The Balaban J connectivity index is 1.92. The van der Waals surface area contributed by atoms with Crippen molar-refractivity contribution in [2.45, 2.75) is 37.9 Å². The molecular formula is C17H22ClN3O3S. The summed E-state index contributed by atoms with van der Waals surface area (Å²) in [5, 5.41) is 4.26. The lowest BCUT2D eigenvalue weighted by Crippen LogP contribution is -2.26. The highest BCUT2D eigenvalue weighted by Gasteiger charge is 2.13. The van der Waals surface area contributed by atoms with Gasteiger partial charge >= 0.3 is 5.97 Å². The number of hydrogen-bond acceptors (Lipinski definition) is 5. The van der Waals surface area contributed by atoms with Crippen LogP contribution in [0, 0.1) is 0 Å². The van der Waals surface area contributed by atoms with Crippen LogP contribution >= 0.6 is 23.4 Å². The number of methoxy groups -OCH3 is 1. The Kier molecular flexibility index (Phi) is 7.58. The molecule has 1 N–H and O–H groups in total. The van der Waals surface area contributed by atoms with Gasteiger partial charge in [0.2, 0.25) is 5.91 Å². The minimum absolute atomic E-state index is 0.0806. The number of benzene rings is 1. The van der Waals surface area contributed by atoms with Gasteiger partial charge in [-0.05, 0) is 31.0 Å². The van der Waals surface area contributed by atoms with Gasteiger partial charge in [-0.3, -0.25) is 9.59 Å². The Hall–Kier alpha value is -1.73. The molecule has 0 bridgehead atoms. The minimum atomic E-state index is -0.268. The number of fused-ring (bicyclic) bond motifs is 1. The molecule has 0 saturated heterocycles. The van der Waals surface area contributed by atoms with E-state index in [0.29, 0.717) is 24.4 Å². The average molecular weight is 384 g/mol. The van der Waals surface area contributed by atoms with E-state index >= 15 is 0 Å². The van der Waals surface area contributed by atoms with Gasteiger partial charge in [0.25, 0.3) is 0 Å². The van der Waals surface area contributed by atoms with Gasteiger partial charge in [0.1, 0.15) is 0 Å². The molecule has 1 amide bonds. The van der Waals surface area contributed by atoms with Crippen molar-refractivity contribution in [1.82, 2.24) is 14.9 Å². The van der Waals surface area contributed by atoms with E-state index in [1.54, 1.807) is 0 Å². The molecule has 0 saturated carbocycles. The third-order valence-corrected chi connectivity index (χ3v) is 4.77. The lowest BCUT2D eigenvalue weighted by atomic mass is 10.3. The van der Waals surface area contributed by atoms with Crippen LogP contribution in [0.3, 0.4) is 0 Å². The normalized spacial score (nSPS) is 10.8. The van der Waals surface area contributed by atoms with Gasteiger partial charge in [-0.1, -0.05) is 30.3 Å². The van der Waals surface area contributed by atoms with E-state index in [-0.39, 0.29) is 17.6 Å². The first-order chi connectivity index (χ1) is 12.0. The van der Waals surface area contributed by atoms with Gasteiger partial charge in [0.15, 0.2) is 5.16 Å². The molecule has 8 heteroatoms. The van der Waals surface area contributed by atoms with Crippen molar-refractivity contribution in [2.24, 2.45) is 0 Å². The summed E-state index contributed by atoms with van der Waals surface area (Å²) in [6.45, 7) is 3.39. The summed E-state index contributed by atoms with van der Waals surface area (Å²) < 4.78 is 6.67. The Morgan fingerprint density at radius 2 is 2.20 bits per heavy atom. The van der Waals surface area contributed by atoms with Crippen molar-refractivity contribution in [2.75, 3.05) is 19.4 Å². The number of rotatable bonds is 9. The largest absolute Gasteiger partial charge is 0.469 e. The predicted molar refractivity (Wildman–Crippen MR) is 100 cm³/mol. The molecule has 0 unspecified atom stereocenters. The van der Waals surface area contributed by atoms with Crippen LogP contribution in [0.5, 0.6) is 0 Å². The number of carbonyl (C=O) groups excluding carboxylic acids is 2. The Bertz CT molecular complexity index is 748. The van der Waals surface area contributed by atoms with Crippen molar-refractivity contribution >= 4 is 46.3 Å². The molecule has 0 fully saturated rings. The standard InChI is InChI=1S/C17H22ClN3O3S/c1-3-9-21-14-7-6-12(18)10-13(14)20-17(21)25-11-15(22)19-8-4-5-16(23)24-2/h6-7,10H,3-5,8-9,11H2,1-2H3,(H,19,22). The maximum atomic E-state index is 12.0. The molecule has 0 radical (unpaired) electrons. The average Bonchev–Trinajstić information content (AvgIpc) is 2.93. The zero-order valence-corrected chi connectivity index (χ0v) is 16.0. The molecule has 1 aromatic carbocycles. The lowest BCUT2D eigenvalue weighted by molar-refractivity contribution is -0.140. The number of hydrogen-bond donors (Lipinski definition) is 1. The molecule has 2 rings (SSSR count). The van der Waals surface area contributed by atoms with Crippen LogP contribution in [-0.4, -0.2) is 40.8 Å². The van der Waals surface area contributed by atoms with Gasteiger partial charge in [-0.15, -0.1) is 0 Å². The molecule has 1 heterocycles. The first-order valence-electron chi connectivity index (χ1n) is 8.17. The van der Waals surface area contributed by atoms with E-state index in [4.69, 9.17) is 11.6 Å². The molecule has 0 aliphatic rings. The highest BCUT2D eigenvalue weighted by atomic mass is 35.5. The topological polar surface area (TPSA) is 73.2 Å². The minimum Gasteiger partial charge on any atom is -0.469 e. The van der Waals surface area contributed by atoms with Crippen LogP contribution in [0.2, 0.25) is 5.02 Å². The molecule has 136 valence electrons. The van der Waals surface area contributed by atoms with Gasteiger partial charge in [0.05, 0.1) is 23.9 Å². The fourth-order valence-electron chi connectivity index (χ4n) is 2.37. The number of nitrogens with one attached hydrogen (secondary N) is 1. The number of carbonyl (C=O) groups is 2. The molecule has 1 aromatic heterocycles. The first-order valence-corrected chi connectivity index (χ1v) is 9.53. The van der Waals surface area contributed by atoms with E-state index in [2.05, 4.69) is 26.5 Å². The van der Waals surface area contributed by atoms with E-state index < -0.39 is 0 Å². The Morgan fingerprint density at radius 3 is 2.92 bits per heavy atom. The fourth-order valence-corrected chi connectivity index (χ4v) is 3.41. The molecule has 6 nitrogen and oxygen atoms in total. The van der Waals surface area contributed by atoms with Crippen LogP contribution in [0.25, 0.3) is 11.0 Å². The Morgan fingerprint density at radius 1 is 1.40 bits per heavy atom. The maximum absolute atomic E-state index is 12.0. The quantitative estimate of drug-likeness (QED) is 0.408. The van der Waals surface area contributed by atoms with Crippen molar-refractivity contribution < 1.29 is 14.3 Å². The molecular weight excluding hydrogens is 362 g/mol. The zero-order chi connectivity index (χ0) is 18.2. The summed E-state index contributed by atoms with van der Waals surface area (Å²) in [5.41, 5.74) is 1.86. The van der Waals surface area contributed by atoms with Gasteiger partial charge in [-0.2, -0.15) is 0 Å². The number of ether oxygens (including phenoxy) is 1. The van der Waals surface area contributed by atoms with E-state index in [1.807, 2.05) is 18.2 Å². The van der Waals surface area contributed by atoms with Crippen molar-refractivity contribution in [3.8, 4) is 0 Å². The van der Waals surface area contributed by atoms with Crippen molar-refractivity contribution in [1.29, 1.82) is 0 Å². The molecule has 2 aromatic rings. The van der Waals surface area contributed by atoms with Crippen LogP contribution in [0.1, 0.15) is 26.2 Å².